The van der Waals surface area contributed by atoms with Crippen LogP contribution in [0.3, 0.4) is 0 Å². The van der Waals surface area contributed by atoms with E-state index in [0.717, 1.165) is 0 Å². The first-order valence-corrected chi connectivity index (χ1v) is 14.4. The Kier molecular flexibility index (Phi) is 17.9. The number of carbonyl (C=O) groups excluding carboxylic acids is 9. The highest BCUT2D eigenvalue weighted by Gasteiger charge is 2.35. The number of rotatable bonds is 23. The Morgan fingerprint density at radius 3 is 1.14 bits per heavy atom. The van der Waals surface area contributed by atoms with Crippen LogP contribution < -0.4 is 55.3 Å². The predicted octanol–water partition coefficient (Wildman–Crippen LogP) is -7.16. The SMILES string of the molecule is CC[C@H](C)[C@H](NC(=O)[C@@H](N)CC(=O)O)C(=O)N[C@@H](CC(N)=O)C(=O)N[C@@H](CC(N)=O)C(=O)N[C@@H](CC(N)=O)C(=O)N[C@@H](CC(N)=O)C(=O)O. The summed E-state index contributed by atoms with van der Waals surface area (Å²) in [6.07, 6.45) is -4.14. The van der Waals surface area contributed by atoms with Gasteiger partial charge in [-0.2, -0.15) is 0 Å². The summed E-state index contributed by atoms with van der Waals surface area (Å²) >= 11 is 0. The molecule has 23 nitrogen and oxygen atoms in total. The molecule has 0 heterocycles. The van der Waals surface area contributed by atoms with Gasteiger partial charge in [-0.25, -0.2) is 4.79 Å². The van der Waals surface area contributed by atoms with Gasteiger partial charge in [-0.15, -0.1) is 0 Å². The van der Waals surface area contributed by atoms with Gasteiger partial charge in [-0.3, -0.25) is 47.9 Å². The van der Waals surface area contributed by atoms with Crippen LogP contribution >= 0.6 is 0 Å². The summed E-state index contributed by atoms with van der Waals surface area (Å²) in [5.74, 6) is -14.4. The molecular formula is C26H42N10O13. The highest BCUT2D eigenvalue weighted by molar-refractivity contribution is 6.00. The van der Waals surface area contributed by atoms with Gasteiger partial charge in [0, 0.05) is 0 Å². The molecule has 0 rings (SSSR count). The molecule has 0 radical (unpaired) electrons. The molecule has 0 aliphatic heterocycles. The topological polar surface area (TPSA) is 418 Å². The van der Waals surface area contributed by atoms with Crippen molar-refractivity contribution >= 4 is 65.1 Å². The fourth-order valence-corrected chi connectivity index (χ4v) is 3.95. The van der Waals surface area contributed by atoms with Crippen molar-refractivity contribution in [2.45, 2.75) is 88.6 Å². The average Bonchev–Trinajstić information content (AvgIpc) is 2.96. The predicted molar refractivity (Wildman–Crippen MR) is 162 cm³/mol. The molecule has 0 aliphatic carbocycles. The van der Waals surface area contributed by atoms with E-state index in [0.29, 0.717) is 0 Å². The van der Waals surface area contributed by atoms with Crippen molar-refractivity contribution in [1.82, 2.24) is 26.6 Å². The maximum Gasteiger partial charge on any atom is 0.326 e. The van der Waals surface area contributed by atoms with E-state index in [9.17, 15) is 57.8 Å². The van der Waals surface area contributed by atoms with E-state index in [-0.39, 0.29) is 6.42 Å². The van der Waals surface area contributed by atoms with Crippen molar-refractivity contribution in [2.24, 2.45) is 34.6 Å². The minimum atomic E-state index is -1.94. The Bertz CT molecular complexity index is 1320. The molecule has 0 saturated heterocycles. The molecule has 7 atom stereocenters. The van der Waals surface area contributed by atoms with Crippen molar-refractivity contribution in [3.05, 3.63) is 0 Å². The summed E-state index contributed by atoms with van der Waals surface area (Å²) in [4.78, 5) is 133. The molecule has 274 valence electrons. The zero-order valence-corrected chi connectivity index (χ0v) is 26.6. The number of nitrogens with two attached hydrogens (primary N) is 5. The number of aliphatic carboxylic acids is 2. The minimum Gasteiger partial charge on any atom is -0.481 e. The molecule has 0 fully saturated rings. The second kappa shape index (κ2) is 20.4. The molecule has 0 aromatic heterocycles. The molecule has 0 aliphatic rings. The molecule has 0 bridgehead atoms. The highest BCUT2D eigenvalue weighted by atomic mass is 16.4. The Balaban J connectivity index is 6.22. The third-order valence-corrected chi connectivity index (χ3v) is 6.66. The number of hydrogen-bond donors (Lipinski definition) is 12. The quantitative estimate of drug-likeness (QED) is 0.0471. The van der Waals surface area contributed by atoms with Gasteiger partial charge in [0.15, 0.2) is 0 Å². The molecular weight excluding hydrogens is 660 g/mol. The van der Waals surface area contributed by atoms with Gasteiger partial charge in [0.1, 0.15) is 30.2 Å². The van der Waals surface area contributed by atoms with Crippen LogP contribution in [-0.2, 0) is 52.7 Å². The summed E-state index contributed by atoms with van der Waals surface area (Å²) in [5, 5.41) is 28.6. The van der Waals surface area contributed by atoms with Gasteiger partial charge in [0.25, 0.3) is 0 Å². The third kappa shape index (κ3) is 16.5. The first-order valence-electron chi connectivity index (χ1n) is 14.4. The number of hydrogen-bond acceptors (Lipinski definition) is 12. The second-order valence-electron chi connectivity index (χ2n) is 10.8. The lowest BCUT2D eigenvalue weighted by Crippen LogP contribution is -2.61. The lowest BCUT2D eigenvalue weighted by molar-refractivity contribution is -0.144. The van der Waals surface area contributed by atoms with Crippen LogP contribution in [0.25, 0.3) is 0 Å². The molecule has 49 heavy (non-hydrogen) atoms. The molecule has 0 aromatic rings. The van der Waals surface area contributed by atoms with E-state index in [4.69, 9.17) is 33.8 Å². The van der Waals surface area contributed by atoms with Crippen LogP contribution in [-0.4, -0.2) is 112 Å². The Morgan fingerprint density at radius 2 is 0.837 bits per heavy atom. The van der Waals surface area contributed by atoms with Crippen LogP contribution in [0.5, 0.6) is 0 Å². The molecule has 0 aromatic carbocycles. The van der Waals surface area contributed by atoms with Crippen molar-refractivity contribution in [3.8, 4) is 0 Å². The Labute approximate surface area is 278 Å². The standard InChI is InChI=1S/C26H42N10O13/c1-3-9(2)20(36-21(43)10(27)4-19(41)42)25(47)34-13(7-17(30)39)23(45)32-11(5-15(28)37)22(44)33-12(6-16(29)38)24(46)35-14(26(48)49)8-18(31)40/h9-14,20H,3-8,27H2,1-2H3,(H2,28,37)(H2,29,38)(H2,30,39)(H2,31,40)(H,32,45)(H,33,44)(H,34,47)(H,35,46)(H,36,43)(H,41,42)(H,48,49)/t9-,10-,11-,12-,13-,14-,20-/m0/s1. The molecule has 9 amide bonds. The zero-order chi connectivity index (χ0) is 38.2. The molecule has 17 N–H and O–H groups in total. The van der Waals surface area contributed by atoms with Crippen molar-refractivity contribution in [1.29, 1.82) is 0 Å². The van der Waals surface area contributed by atoms with Gasteiger partial charge in [-0.1, -0.05) is 20.3 Å². The summed E-state index contributed by atoms with van der Waals surface area (Å²) in [6.45, 7) is 3.16. The Morgan fingerprint density at radius 1 is 0.510 bits per heavy atom. The maximum absolute atomic E-state index is 13.2. The minimum absolute atomic E-state index is 0.274. The van der Waals surface area contributed by atoms with Gasteiger partial charge >= 0.3 is 11.9 Å². The first kappa shape index (κ1) is 43.1. The number of carboxylic acids is 2. The number of amides is 9. The van der Waals surface area contributed by atoms with E-state index in [1.165, 1.54) is 6.92 Å². The number of carboxylic acid groups (broad SMARTS) is 2. The van der Waals surface area contributed by atoms with E-state index >= 15 is 0 Å². The van der Waals surface area contributed by atoms with E-state index in [1.54, 1.807) is 6.92 Å². The Hall–Kier alpha value is -5.87. The number of primary amides is 4. The van der Waals surface area contributed by atoms with Crippen LogP contribution in [0.2, 0.25) is 0 Å². The first-order chi connectivity index (χ1) is 22.6. The fourth-order valence-electron chi connectivity index (χ4n) is 3.95. The summed E-state index contributed by atoms with van der Waals surface area (Å²) in [6, 6.07) is -10.6. The van der Waals surface area contributed by atoms with E-state index < -0.39 is 139 Å². The van der Waals surface area contributed by atoms with Crippen LogP contribution in [0.4, 0.5) is 0 Å². The largest absolute Gasteiger partial charge is 0.481 e. The lowest BCUT2D eigenvalue weighted by atomic mass is 9.97. The summed E-state index contributed by atoms with van der Waals surface area (Å²) in [5.41, 5.74) is 26.1. The van der Waals surface area contributed by atoms with Gasteiger partial charge < -0.3 is 65.5 Å². The van der Waals surface area contributed by atoms with Gasteiger partial charge in [0.05, 0.1) is 38.1 Å². The molecule has 0 saturated carbocycles. The highest BCUT2D eigenvalue weighted by Crippen LogP contribution is 2.10. The molecule has 0 spiro atoms. The van der Waals surface area contributed by atoms with Crippen LogP contribution in [0, 0.1) is 5.92 Å². The third-order valence-electron chi connectivity index (χ3n) is 6.66. The molecule has 0 unspecified atom stereocenters. The van der Waals surface area contributed by atoms with Crippen LogP contribution in [0.15, 0.2) is 0 Å². The monoisotopic (exact) mass is 702 g/mol. The van der Waals surface area contributed by atoms with Crippen molar-refractivity contribution in [3.63, 3.8) is 0 Å². The van der Waals surface area contributed by atoms with Gasteiger partial charge in [-0.05, 0) is 5.92 Å². The van der Waals surface area contributed by atoms with E-state index in [2.05, 4.69) is 16.0 Å². The smallest absolute Gasteiger partial charge is 0.326 e. The zero-order valence-electron chi connectivity index (χ0n) is 26.6. The number of nitrogens with one attached hydrogen (secondary N) is 5. The van der Waals surface area contributed by atoms with E-state index in [1.807, 2.05) is 10.6 Å². The second-order valence-corrected chi connectivity index (χ2v) is 10.8. The van der Waals surface area contributed by atoms with Gasteiger partial charge in [0.2, 0.25) is 53.2 Å². The number of carbonyl (C=O) groups is 11. The summed E-state index contributed by atoms with van der Waals surface area (Å²) < 4.78 is 0. The fraction of sp³-hybridized carbons (Fsp3) is 0.577. The summed E-state index contributed by atoms with van der Waals surface area (Å²) in [7, 11) is 0. The van der Waals surface area contributed by atoms with Crippen LogP contribution in [0.1, 0.15) is 52.4 Å². The maximum atomic E-state index is 13.2. The van der Waals surface area contributed by atoms with Crippen molar-refractivity contribution in [2.75, 3.05) is 0 Å². The normalized spacial score (nSPS) is 14.9. The molecule has 23 heteroatoms. The average molecular weight is 703 g/mol. The van der Waals surface area contributed by atoms with Crippen molar-refractivity contribution < 1.29 is 63.0 Å². The lowest BCUT2D eigenvalue weighted by Gasteiger charge is -2.28.